The third-order valence-corrected chi connectivity index (χ3v) is 5.05. The quantitative estimate of drug-likeness (QED) is 0.399. The summed E-state index contributed by atoms with van der Waals surface area (Å²) in [4.78, 5) is 12.4. The number of halogens is 2. The van der Waals surface area contributed by atoms with Gasteiger partial charge in [0.15, 0.2) is 6.10 Å². The fraction of sp³-hybridized carbons (Fsp3) is 0.143. The Hall–Kier alpha value is -2.37. The van der Waals surface area contributed by atoms with Crippen molar-refractivity contribution in [3.63, 3.8) is 0 Å². The molecule has 1 N–H and O–H groups in total. The monoisotopic (exact) mass is 444 g/mol. The smallest absolute Gasteiger partial charge is 0.281 e. The van der Waals surface area contributed by atoms with Crippen LogP contribution < -0.4 is 10.2 Å². The molecule has 27 heavy (non-hydrogen) atoms. The first-order valence-electron chi connectivity index (χ1n) is 8.51. The molecule has 0 saturated carbocycles. The first-order chi connectivity index (χ1) is 13.1. The highest BCUT2D eigenvalue weighted by Crippen LogP contribution is 2.33. The Morgan fingerprint density at radius 3 is 2.81 bits per heavy atom. The molecule has 0 bridgehead atoms. The molecule has 3 aromatic carbocycles. The molecule has 3 rings (SSSR count). The van der Waals surface area contributed by atoms with Crippen LogP contribution in [0.2, 0.25) is 5.02 Å². The van der Waals surface area contributed by atoms with Gasteiger partial charge in [0.2, 0.25) is 0 Å². The minimum Gasteiger partial charge on any atom is -0.479 e. The first kappa shape index (κ1) is 19.4. The molecule has 0 spiro atoms. The van der Waals surface area contributed by atoms with Crippen molar-refractivity contribution in [2.24, 2.45) is 5.10 Å². The predicted octanol–water partition coefficient (Wildman–Crippen LogP) is 5.56. The molecule has 0 heterocycles. The van der Waals surface area contributed by atoms with E-state index in [0.29, 0.717) is 17.2 Å². The van der Waals surface area contributed by atoms with E-state index in [1.807, 2.05) is 55.5 Å². The molecule has 0 aliphatic carbocycles. The van der Waals surface area contributed by atoms with Crippen LogP contribution in [0, 0.1) is 0 Å². The third kappa shape index (κ3) is 4.87. The van der Waals surface area contributed by atoms with Gasteiger partial charge in [0.05, 0.1) is 10.7 Å². The average Bonchev–Trinajstić information content (AvgIpc) is 2.68. The molecule has 0 saturated heterocycles. The SMILES string of the molecule is CC[C@H](Oc1ccc2ccccc2c1Br)C(=O)N/N=C\c1cccc(Cl)c1. The van der Waals surface area contributed by atoms with Crippen LogP contribution in [0.15, 0.2) is 70.2 Å². The van der Waals surface area contributed by atoms with Crippen LogP contribution in [0.25, 0.3) is 10.8 Å². The molecule has 0 unspecified atom stereocenters. The minimum atomic E-state index is -0.654. The van der Waals surface area contributed by atoms with E-state index in [1.54, 1.807) is 18.3 Å². The van der Waals surface area contributed by atoms with Crippen LogP contribution in [0.5, 0.6) is 5.75 Å². The second kappa shape index (κ2) is 9.02. The van der Waals surface area contributed by atoms with Gasteiger partial charge >= 0.3 is 0 Å². The summed E-state index contributed by atoms with van der Waals surface area (Å²) in [6.45, 7) is 1.89. The summed E-state index contributed by atoms with van der Waals surface area (Å²) in [5.74, 6) is 0.311. The van der Waals surface area contributed by atoms with Crippen molar-refractivity contribution in [1.29, 1.82) is 0 Å². The van der Waals surface area contributed by atoms with E-state index in [0.717, 1.165) is 20.8 Å². The van der Waals surface area contributed by atoms with E-state index in [1.165, 1.54) is 0 Å². The van der Waals surface area contributed by atoms with Crippen LogP contribution in [-0.4, -0.2) is 18.2 Å². The summed E-state index contributed by atoms with van der Waals surface area (Å²) < 4.78 is 6.76. The number of hydrazone groups is 1. The van der Waals surface area contributed by atoms with Gasteiger partial charge < -0.3 is 4.74 Å². The number of benzene rings is 3. The molecule has 3 aromatic rings. The molecule has 0 aliphatic rings. The number of rotatable bonds is 6. The summed E-state index contributed by atoms with van der Waals surface area (Å²) >= 11 is 9.51. The fourth-order valence-corrected chi connectivity index (χ4v) is 3.39. The van der Waals surface area contributed by atoms with Gasteiger partial charge in [0, 0.05) is 5.02 Å². The largest absolute Gasteiger partial charge is 0.479 e. The normalized spacial score (nSPS) is 12.3. The molecule has 0 radical (unpaired) electrons. The number of ether oxygens (including phenoxy) is 1. The van der Waals surface area contributed by atoms with Gasteiger partial charge in [-0.3, -0.25) is 4.79 Å². The topological polar surface area (TPSA) is 50.7 Å². The van der Waals surface area contributed by atoms with Crippen molar-refractivity contribution in [2.75, 3.05) is 0 Å². The lowest BCUT2D eigenvalue weighted by atomic mass is 10.1. The van der Waals surface area contributed by atoms with E-state index in [9.17, 15) is 4.79 Å². The fourth-order valence-electron chi connectivity index (χ4n) is 2.61. The molecule has 1 amide bonds. The Morgan fingerprint density at radius 1 is 1.22 bits per heavy atom. The molecule has 6 heteroatoms. The Balaban J connectivity index is 1.69. The molecule has 0 fully saturated rings. The standard InChI is InChI=1S/C21H18BrClN2O2/c1-2-18(21(26)25-24-13-14-6-5-8-16(23)12-14)27-19-11-10-15-7-3-4-9-17(15)20(19)22/h3-13,18H,2H2,1H3,(H,25,26)/b24-13-/t18-/m0/s1. The lowest BCUT2D eigenvalue weighted by Gasteiger charge is -2.17. The van der Waals surface area contributed by atoms with Gasteiger partial charge in [-0.15, -0.1) is 0 Å². The molecule has 0 aromatic heterocycles. The van der Waals surface area contributed by atoms with Gasteiger partial charge in [0.1, 0.15) is 5.75 Å². The maximum atomic E-state index is 12.4. The molecule has 4 nitrogen and oxygen atoms in total. The zero-order valence-corrected chi connectivity index (χ0v) is 17.0. The van der Waals surface area contributed by atoms with Gasteiger partial charge in [-0.25, -0.2) is 5.43 Å². The van der Waals surface area contributed by atoms with E-state index in [-0.39, 0.29) is 5.91 Å². The zero-order valence-electron chi connectivity index (χ0n) is 14.7. The highest BCUT2D eigenvalue weighted by atomic mass is 79.9. The van der Waals surface area contributed by atoms with Crippen LogP contribution in [0.4, 0.5) is 0 Å². The minimum absolute atomic E-state index is 0.309. The van der Waals surface area contributed by atoms with Crippen molar-refractivity contribution in [3.8, 4) is 5.75 Å². The number of carbonyl (C=O) groups excluding carboxylic acids is 1. The molecular weight excluding hydrogens is 428 g/mol. The maximum Gasteiger partial charge on any atom is 0.281 e. The second-order valence-corrected chi connectivity index (χ2v) is 7.13. The first-order valence-corrected chi connectivity index (χ1v) is 9.68. The summed E-state index contributed by atoms with van der Waals surface area (Å²) in [6.07, 6.45) is 1.40. The second-order valence-electron chi connectivity index (χ2n) is 5.90. The van der Waals surface area contributed by atoms with Crippen LogP contribution in [-0.2, 0) is 4.79 Å². The molecule has 1 atom stereocenters. The molecule has 138 valence electrons. The summed E-state index contributed by atoms with van der Waals surface area (Å²) in [5.41, 5.74) is 3.33. The van der Waals surface area contributed by atoms with Crippen molar-refractivity contribution in [3.05, 3.63) is 75.7 Å². The van der Waals surface area contributed by atoms with Crippen molar-refractivity contribution in [2.45, 2.75) is 19.4 Å². The number of fused-ring (bicyclic) bond motifs is 1. The van der Waals surface area contributed by atoms with Crippen LogP contribution in [0.3, 0.4) is 0 Å². The Bertz CT molecular complexity index is 991. The summed E-state index contributed by atoms with van der Waals surface area (Å²) in [5, 5.41) is 6.73. The predicted molar refractivity (Wildman–Crippen MR) is 114 cm³/mol. The lowest BCUT2D eigenvalue weighted by molar-refractivity contribution is -0.128. The third-order valence-electron chi connectivity index (χ3n) is 4.00. The van der Waals surface area contributed by atoms with Crippen molar-refractivity contribution < 1.29 is 9.53 Å². The maximum absolute atomic E-state index is 12.4. The number of carbonyl (C=O) groups is 1. The summed E-state index contributed by atoms with van der Waals surface area (Å²) in [6, 6.07) is 19.0. The van der Waals surface area contributed by atoms with Crippen LogP contribution >= 0.6 is 27.5 Å². The van der Waals surface area contributed by atoms with E-state index in [4.69, 9.17) is 16.3 Å². The number of amides is 1. The average molecular weight is 446 g/mol. The van der Waals surface area contributed by atoms with Crippen LogP contribution in [0.1, 0.15) is 18.9 Å². The van der Waals surface area contributed by atoms with E-state index < -0.39 is 6.10 Å². The molecular formula is C21H18BrClN2O2. The lowest BCUT2D eigenvalue weighted by Crippen LogP contribution is -2.35. The Kier molecular flexibility index (Phi) is 6.48. The van der Waals surface area contributed by atoms with Gasteiger partial charge in [-0.1, -0.05) is 61.0 Å². The summed E-state index contributed by atoms with van der Waals surface area (Å²) in [7, 11) is 0. The van der Waals surface area contributed by atoms with Gasteiger partial charge in [0.25, 0.3) is 5.91 Å². The highest BCUT2D eigenvalue weighted by Gasteiger charge is 2.19. The zero-order chi connectivity index (χ0) is 19.2. The van der Waals surface area contributed by atoms with Crippen molar-refractivity contribution in [1.82, 2.24) is 5.43 Å². The highest BCUT2D eigenvalue weighted by molar-refractivity contribution is 9.10. The van der Waals surface area contributed by atoms with E-state index in [2.05, 4.69) is 26.5 Å². The number of nitrogens with zero attached hydrogens (tertiary/aromatic N) is 1. The number of hydrogen-bond acceptors (Lipinski definition) is 3. The molecule has 0 aliphatic heterocycles. The Morgan fingerprint density at radius 2 is 2.04 bits per heavy atom. The Labute approximate surface area is 171 Å². The van der Waals surface area contributed by atoms with Crippen molar-refractivity contribution >= 4 is 50.4 Å². The number of hydrogen-bond donors (Lipinski definition) is 1. The van der Waals surface area contributed by atoms with E-state index >= 15 is 0 Å². The van der Waals surface area contributed by atoms with Gasteiger partial charge in [-0.05, 0) is 56.9 Å². The van der Waals surface area contributed by atoms with Gasteiger partial charge in [-0.2, -0.15) is 5.10 Å². The number of nitrogens with one attached hydrogen (secondary N) is 1.